The molecule has 53 heavy (non-hydrogen) atoms. The zero-order valence-corrected chi connectivity index (χ0v) is 30.6. The van der Waals surface area contributed by atoms with Crippen molar-refractivity contribution in [3.8, 4) is 22.8 Å². The molecule has 5 aromatic carbocycles. The maximum absolute atomic E-state index is 13.6. The summed E-state index contributed by atoms with van der Waals surface area (Å²) in [6, 6.07) is 40.6. The molecule has 0 aliphatic heterocycles. The molecule has 11 heteroatoms. The van der Waals surface area contributed by atoms with E-state index in [0.29, 0.717) is 34.3 Å². The Morgan fingerprint density at radius 3 is 2.25 bits per heavy atom. The van der Waals surface area contributed by atoms with Crippen LogP contribution in [0.15, 0.2) is 149 Å². The van der Waals surface area contributed by atoms with Crippen molar-refractivity contribution in [1.82, 2.24) is 10.3 Å². The van der Waals surface area contributed by atoms with Gasteiger partial charge in [-0.1, -0.05) is 72.8 Å². The highest BCUT2D eigenvalue weighted by Crippen LogP contribution is 2.30. The fraction of sp³-hybridized carbons (Fsp3) is 0.0952. The molecule has 0 saturated carbocycles. The van der Waals surface area contributed by atoms with Gasteiger partial charge in [0, 0.05) is 27.1 Å². The second kappa shape index (κ2) is 17.9. The first-order valence-corrected chi connectivity index (χ1v) is 18.4. The molecule has 0 radical (unpaired) electrons. The molecule has 3 N–H and O–H groups in total. The van der Waals surface area contributed by atoms with Gasteiger partial charge in [0.15, 0.2) is 5.13 Å². The smallest absolute Gasteiger partial charge is 0.272 e. The van der Waals surface area contributed by atoms with Gasteiger partial charge in [0.05, 0.1) is 18.1 Å². The molecule has 0 fully saturated rings. The maximum Gasteiger partial charge on any atom is 0.272 e. The summed E-state index contributed by atoms with van der Waals surface area (Å²) in [5, 5.41) is 10.5. The molecule has 0 aliphatic rings. The molecular formula is C42H36N4O5S2. The summed E-state index contributed by atoms with van der Waals surface area (Å²) in [5.41, 5.74) is 4.41. The number of nitrogens with one attached hydrogen (secondary N) is 3. The van der Waals surface area contributed by atoms with Crippen molar-refractivity contribution in [2.45, 2.75) is 23.7 Å². The molecule has 0 bridgehead atoms. The van der Waals surface area contributed by atoms with Crippen molar-refractivity contribution in [3.63, 3.8) is 0 Å². The van der Waals surface area contributed by atoms with Crippen molar-refractivity contribution < 1.29 is 23.9 Å². The van der Waals surface area contributed by atoms with Gasteiger partial charge < -0.3 is 25.4 Å². The number of rotatable bonds is 14. The average Bonchev–Trinajstić information content (AvgIpc) is 3.67. The van der Waals surface area contributed by atoms with E-state index in [2.05, 4.69) is 20.9 Å². The van der Waals surface area contributed by atoms with Gasteiger partial charge in [0.1, 0.15) is 23.8 Å². The van der Waals surface area contributed by atoms with Crippen molar-refractivity contribution >= 4 is 57.7 Å². The minimum atomic E-state index is -0.497. The fourth-order valence-corrected chi connectivity index (χ4v) is 6.63. The lowest BCUT2D eigenvalue weighted by Gasteiger charge is -2.13. The average molecular weight is 741 g/mol. The van der Waals surface area contributed by atoms with Crippen LogP contribution >= 0.6 is 23.1 Å². The standard InChI is InChI=1S/C42H36N4O5S2/c1-28(39(47)46-42-45-38(27-52-42)32-14-9-15-35(25-32)50-2)53-36-22-18-33(19-23-36)43-41(49)37(44-40(48)31-12-7-4-8-13-31)24-29-16-20-34(21-17-29)51-26-30-10-5-3-6-11-30/h3-25,27-28H,26H2,1-2H3,(H,43,49)(H,44,48)(H,45,46,47)/b37-24-. The molecular weight excluding hydrogens is 705 g/mol. The number of ether oxygens (including phenoxy) is 2. The maximum atomic E-state index is 13.6. The van der Waals surface area contributed by atoms with E-state index >= 15 is 0 Å². The Kier molecular flexibility index (Phi) is 12.3. The van der Waals surface area contributed by atoms with Gasteiger partial charge in [-0.15, -0.1) is 23.1 Å². The first kappa shape index (κ1) is 36.6. The van der Waals surface area contributed by atoms with E-state index in [1.54, 1.807) is 49.6 Å². The number of amides is 3. The topological polar surface area (TPSA) is 119 Å². The molecule has 0 spiro atoms. The van der Waals surface area contributed by atoms with E-state index in [0.717, 1.165) is 27.5 Å². The van der Waals surface area contributed by atoms with Crippen LogP contribution in [0.5, 0.6) is 11.5 Å². The second-order valence-corrected chi connectivity index (χ2v) is 14.0. The minimum Gasteiger partial charge on any atom is -0.497 e. The largest absolute Gasteiger partial charge is 0.497 e. The molecule has 266 valence electrons. The van der Waals surface area contributed by atoms with Crippen LogP contribution in [0.25, 0.3) is 17.3 Å². The quantitative estimate of drug-likeness (QED) is 0.0754. The summed E-state index contributed by atoms with van der Waals surface area (Å²) in [6.07, 6.45) is 1.61. The molecule has 3 amide bonds. The molecule has 1 heterocycles. The van der Waals surface area contributed by atoms with E-state index in [9.17, 15) is 14.4 Å². The molecule has 6 rings (SSSR count). The third-order valence-corrected chi connectivity index (χ3v) is 9.73. The molecule has 1 unspecified atom stereocenters. The number of hydrogen-bond donors (Lipinski definition) is 3. The Balaban J connectivity index is 1.08. The number of aromatic nitrogens is 1. The highest BCUT2D eigenvalue weighted by Gasteiger charge is 2.18. The lowest BCUT2D eigenvalue weighted by molar-refractivity contribution is -0.115. The van der Waals surface area contributed by atoms with Crippen molar-refractivity contribution in [3.05, 3.63) is 161 Å². The van der Waals surface area contributed by atoms with E-state index in [4.69, 9.17) is 9.47 Å². The summed E-state index contributed by atoms with van der Waals surface area (Å²) in [5.74, 6) is 0.317. The highest BCUT2D eigenvalue weighted by atomic mass is 32.2. The normalized spacial score (nSPS) is 11.6. The monoisotopic (exact) mass is 740 g/mol. The van der Waals surface area contributed by atoms with Crippen LogP contribution in [0.1, 0.15) is 28.4 Å². The fourth-order valence-electron chi connectivity index (χ4n) is 5.04. The number of carbonyl (C=O) groups excluding carboxylic acids is 3. The summed E-state index contributed by atoms with van der Waals surface area (Å²) < 4.78 is 11.2. The number of hydrogen-bond acceptors (Lipinski definition) is 8. The number of carbonyl (C=O) groups is 3. The lowest BCUT2D eigenvalue weighted by Crippen LogP contribution is -2.30. The molecule has 1 aromatic heterocycles. The Morgan fingerprint density at radius 2 is 1.53 bits per heavy atom. The van der Waals surface area contributed by atoms with Gasteiger partial charge in [0.25, 0.3) is 11.8 Å². The van der Waals surface area contributed by atoms with Crippen LogP contribution in [-0.4, -0.2) is 35.1 Å². The molecule has 0 aliphatic carbocycles. The van der Waals surface area contributed by atoms with Gasteiger partial charge in [-0.2, -0.15) is 0 Å². The molecule has 0 saturated heterocycles. The van der Waals surface area contributed by atoms with Crippen LogP contribution in [0.3, 0.4) is 0 Å². The first-order chi connectivity index (χ1) is 25.8. The van der Waals surface area contributed by atoms with Crippen molar-refractivity contribution in [2.75, 3.05) is 17.7 Å². The van der Waals surface area contributed by atoms with Gasteiger partial charge in [-0.3, -0.25) is 14.4 Å². The van der Waals surface area contributed by atoms with Gasteiger partial charge in [-0.25, -0.2) is 4.98 Å². The van der Waals surface area contributed by atoms with E-state index in [1.165, 1.54) is 23.1 Å². The van der Waals surface area contributed by atoms with Crippen LogP contribution in [0.4, 0.5) is 10.8 Å². The van der Waals surface area contributed by atoms with Crippen LogP contribution in [-0.2, 0) is 16.2 Å². The predicted molar refractivity (Wildman–Crippen MR) is 212 cm³/mol. The number of thiazole rings is 1. The highest BCUT2D eigenvalue weighted by molar-refractivity contribution is 8.00. The summed E-state index contributed by atoms with van der Waals surface area (Å²) in [4.78, 5) is 45.1. The second-order valence-electron chi connectivity index (χ2n) is 11.7. The van der Waals surface area contributed by atoms with E-state index < -0.39 is 17.1 Å². The van der Waals surface area contributed by atoms with Crippen LogP contribution < -0.4 is 25.4 Å². The SMILES string of the molecule is COc1cccc(-c2csc(NC(=O)C(C)Sc3ccc(NC(=O)/C(=C/c4ccc(OCc5ccccc5)cc4)NC(=O)c4ccccc4)cc3)n2)c1. The zero-order chi connectivity index (χ0) is 37.0. The summed E-state index contributed by atoms with van der Waals surface area (Å²) in [6.45, 7) is 2.25. The Hall–Kier alpha value is -6.17. The van der Waals surface area contributed by atoms with Crippen LogP contribution in [0.2, 0.25) is 0 Å². The van der Waals surface area contributed by atoms with E-state index in [-0.39, 0.29) is 11.6 Å². The number of benzene rings is 5. The predicted octanol–water partition coefficient (Wildman–Crippen LogP) is 8.93. The summed E-state index contributed by atoms with van der Waals surface area (Å²) >= 11 is 2.74. The summed E-state index contributed by atoms with van der Waals surface area (Å²) in [7, 11) is 1.61. The van der Waals surface area contributed by atoms with Crippen molar-refractivity contribution in [1.29, 1.82) is 0 Å². The third kappa shape index (κ3) is 10.4. The van der Waals surface area contributed by atoms with Crippen LogP contribution in [0, 0.1) is 0 Å². The Labute approximate surface area is 316 Å². The minimum absolute atomic E-state index is 0.0669. The third-order valence-electron chi connectivity index (χ3n) is 7.86. The number of nitrogens with zero attached hydrogens (tertiary/aromatic N) is 1. The van der Waals surface area contributed by atoms with Crippen molar-refractivity contribution in [2.24, 2.45) is 0 Å². The molecule has 9 nitrogen and oxygen atoms in total. The lowest BCUT2D eigenvalue weighted by atomic mass is 10.1. The number of thioether (sulfide) groups is 1. The van der Waals surface area contributed by atoms with Gasteiger partial charge in [0.2, 0.25) is 5.91 Å². The van der Waals surface area contributed by atoms with E-state index in [1.807, 2.05) is 109 Å². The van der Waals surface area contributed by atoms with Gasteiger partial charge in [-0.05, 0) is 84.8 Å². The first-order valence-electron chi connectivity index (χ1n) is 16.7. The van der Waals surface area contributed by atoms with Gasteiger partial charge >= 0.3 is 0 Å². The molecule has 1 atom stereocenters. The number of anilines is 2. The number of methoxy groups -OCH3 is 1. The zero-order valence-electron chi connectivity index (χ0n) is 28.9. The Morgan fingerprint density at radius 1 is 0.811 bits per heavy atom. The molecule has 6 aromatic rings. The Bertz CT molecular complexity index is 2190.